The molecule has 0 bridgehead atoms. The lowest BCUT2D eigenvalue weighted by molar-refractivity contribution is -0.134. The van der Waals surface area contributed by atoms with Crippen LogP contribution in [0.3, 0.4) is 0 Å². The first-order chi connectivity index (χ1) is 17.5. The first-order valence-electron chi connectivity index (χ1n) is 11.4. The second kappa shape index (κ2) is 10.2. The summed E-state index contributed by atoms with van der Waals surface area (Å²) in [5.41, 5.74) is -1.84. The Morgan fingerprint density at radius 1 is 1.24 bits per heavy atom. The monoisotopic (exact) mass is 573 g/mol. The number of hydrogen-bond donors (Lipinski definition) is 0. The number of pyridine rings is 1. The molecule has 2 aromatic rings. The zero-order valence-corrected chi connectivity index (χ0v) is 22.9. The van der Waals surface area contributed by atoms with Gasteiger partial charge in [-0.15, -0.1) is 11.3 Å². The standard InChI is InChI=1S/C24H26F3N3O6S2/c1-6-38(33,34)16-10-15(23(13-28)7-8-23)11-29-19(16)30(21(32)36-22(2,3)4)12-14-9-17(24(25,26)27)37-18(14)20(31)35-5/h9-11H,6-8,12H2,1-5H3. The van der Waals surface area contributed by atoms with Crippen molar-refractivity contribution in [2.45, 2.75) is 69.2 Å². The van der Waals surface area contributed by atoms with Gasteiger partial charge in [0.05, 0.1) is 30.9 Å². The van der Waals surface area contributed by atoms with Crippen molar-refractivity contribution < 1.29 is 40.7 Å². The first-order valence-corrected chi connectivity index (χ1v) is 13.9. The highest BCUT2D eigenvalue weighted by atomic mass is 32.2. The van der Waals surface area contributed by atoms with Crippen LogP contribution in [0.25, 0.3) is 0 Å². The molecule has 1 saturated carbocycles. The van der Waals surface area contributed by atoms with Crippen LogP contribution in [0.15, 0.2) is 23.2 Å². The number of nitrogens with zero attached hydrogens (tertiary/aromatic N) is 3. The van der Waals surface area contributed by atoms with Crippen LogP contribution in [0.1, 0.15) is 66.2 Å². The third-order valence-corrected chi connectivity index (χ3v) is 8.65. The maximum atomic E-state index is 13.5. The van der Waals surface area contributed by atoms with Gasteiger partial charge < -0.3 is 9.47 Å². The highest BCUT2D eigenvalue weighted by molar-refractivity contribution is 7.91. The van der Waals surface area contributed by atoms with Crippen molar-refractivity contribution in [1.29, 1.82) is 5.26 Å². The van der Waals surface area contributed by atoms with Crippen LogP contribution in [-0.2, 0) is 37.4 Å². The maximum absolute atomic E-state index is 13.5. The highest BCUT2D eigenvalue weighted by Crippen LogP contribution is 2.48. The number of halogens is 3. The van der Waals surface area contributed by atoms with Gasteiger partial charge in [-0.25, -0.2) is 23.0 Å². The lowest BCUT2D eigenvalue weighted by Crippen LogP contribution is -2.38. The fourth-order valence-electron chi connectivity index (χ4n) is 3.54. The van der Waals surface area contributed by atoms with E-state index in [1.54, 1.807) is 20.8 Å². The molecule has 206 valence electrons. The zero-order valence-electron chi connectivity index (χ0n) is 21.3. The van der Waals surface area contributed by atoms with Crippen LogP contribution in [0.2, 0.25) is 0 Å². The molecular formula is C24H26F3N3O6S2. The molecule has 0 N–H and O–H groups in total. The van der Waals surface area contributed by atoms with Crippen molar-refractivity contribution in [3.8, 4) is 6.07 Å². The van der Waals surface area contributed by atoms with Gasteiger partial charge in [-0.2, -0.15) is 18.4 Å². The molecule has 9 nitrogen and oxygen atoms in total. The van der Waals surface area contributed by atoms with Crippen LogP contribution in [0.4, 0.5) is 23.8 Å². The van der Waals surface area contributed by atoms with Crippen molar-refractivity contribution in [1.82, 2.24) is 4.98 Å². The number of carbonyl (C=O) groups excluding carboxylic acids is 2. The molecule has 1 aliphatic carbocycles. The van der Waals surface area contributed by atoms with E-state index in [0.29, 0.717) is 24.5 Å². The van der Waals surface area contributed by atoms with Gasteiger partial charge in [0.15, 0.2) is 15.7 Å². The minimum absolute atomic E-state index is 0.139. The van der Waals surface area contributed by atoms with Crippen molar-refractivity contribution in [3.05, 3.63) is 39.2 Å². The van der Waals surface area contributed by atoms with E-state index in [1.807, 2.05) is 0 Å². The van der Waals surface area contributed by atoms with E-state index in [2.05, 4.69) is 15.8 Å². The average Bonchev–Trinajstić information content (AvgIpc) is 3.51. The summed E-state index contributed by atoms with van der Waals surface area (Å²) in [7, 11) is -3.05. The summed E-state index contributed by atoms with van der Waals surface area (Å²) < 4.78 is 76.7. The van der Waals surface area contributed by atoms with Gasteiger partial charge in [0.1, 0.15) is 20.3 Å². The molecule has 0 radical (unpaired) electrons. The fourth-order valence-corrected chi connectivity index (χ4v) is 5.56. The quantitative estimate of drug-likeness (QED) is 0.412. The van der Waals surface area contributed by atoms with Crippen LogP contribution in [0, 0.1) is 11.3 Å². The Morgan fingerprint density at radius 3 is 2.34 bits per heavy atom. The molecule has 14 heteroatoms. The highest BCUT2D eigenvalue weighted by Gasteiger charge is 2.46. The molecule has 38 heavy (non-hydrogen) atoms. The molecule has 0 saturated heterocycles. The van der Waals surface area contributed by atoms with Gasteiger partial charge in [0.2, 0.25) is 0 Å². The number of aromatic nitrogens is 1. The lowest BCUT2D eigenvalue weighted by Gasteiger charge is -2.28. The minimum Gasteiger partial charge on any atom is -0.465 e. The predicted octanol–water partition coefficient (Wildman–Crippen LogP) is 5.24. The number of rotatable bonds is 7. The number of anilines is 1. The SMILES string of the molecule is CCS(=O)(=O)c1cc(C2(C#N)CC2)cnc1N(Cc1cc(C(F)(F)F)sc1C(=O)OC)C(=O)OC(C)(C)C. The summed E-state index contributed by atoms with van der Waals surface area (Å²) >= 11 is 0.139. The van der Waals surface area contributed by atoms with Crippen molar-refractivity contribution in [2.24, 2.45) is 0 Å². The smallest absolute Gasteiger partial charge is 0.425 e. The largest absolute Gasteiger partial charge is 0.465 e. The van der Waals surface area contributed by atoms with Gasteiger partial charge in [-0.3, -0.25) is 4.90 Å². The maximum Gasteiger partial charge on any atom is 0.425 e. The molecule has 0 aliphatic heterocycles. The molecule has 1 amide bonds. The number of esters is 1. The van der Waals surface area contributed by atoms with Crippen molar-refractivity contribution in [2.75, 3.05) is 17.8 Å². The molecule has 0 spiro atoms. The van der Waals surface area contributed by atoms with Gasteiger partial charge in [0.25, 0.3) is 0 Å². The van der Waals surface area contributed by atoms with E-state index in [4.69, 9.17) is 4.74 Å². The number of methoxy groups -OCH3 is 1. The summed E-state index contributed by atoms with van der Waals surface area (Å²) in [5, 5.41) is 9.58. The van der Waals surface area contributed by atoms with E-state index in [1.165, 1.54) is 19.2 Å². The Kier molecular flexibility index (Phi) is 7.87. The number of alkyl halides is 3. The predicted molar refractivity (Wildman–Crippen MR) is 132 cm³/mol. The van der Waals surface area contributed by atoms with Gasteiger partial charge in [0, 0.05) is 6.20 Å². The molecule has 0 unspecified atom stereocenters. The van der Waals surface area contributed by atoms with E-state index in [9.17, 15) is 36.4 Å². The number of amides is 1. The van der Waals surface area contributed by atoms with E-state index >= 15 is 0 Å². The summed E-state index contributed by atoms with van der Waals surface area (Å²) in [6.45, 7) is 5.37. The van der Waals surface area contributed by atoms with Gasteiger partial charge in [-0.1, -0.05) is 6.92 Å². The number of nitriles is 1. The van der Waals surface area contributed by atoms with Crippen LogP contribution >= 0.6 is 11.3 Å². The Labute approximate surface area is 222 Å². The van der Waals surface area contributed by atoms with E-state index < -0.39 is 61.2 Å². The molecule has 1 aliphatic rings. The summed E-state index contributed by atoms with van der Waals surface area (Å²) in [4.78, 5) is 28.7. The second-order valence-corrected chi connectivity index (χ2v) is 13.0. The zero-order chi connectivity index (χ0) is 28.7. The number of ether oxygens (including phenoxy) is 2. The second-order valence-electron chi connectivity index (χ2n) is 9.66. The number of thiophene rings is 1. The van der Waals surface area contributed by atoms with Crippen LogP contribution in [0.5, 0.6) is 0 Å². The third-order valence-electron chi connectivity index (χ3n) is 5.72. The topological polar surface area (TPSA) is 127 Å². The number of sulfone groups is 1. The summed E-state index contributed by atoms with van der Waals surface area (Å²) in [6, 6.07) is 4.12. The first kappa shape index (κ1) is 29.4. The number of carbonyl (C=O) groups is 2. The molecule has 2 aromatic heterocycles. The van der Waals surface area contributed by atoms with E-state index in [-0.39, 0.29) is 27.5 Å². The van der Waals surface area contributed by atoms with Crippen molar-refractivity contribution >= 4 is 39.1 Å². The molecular weight excluding hydrogens is 547 g/mol. The van der Waals surface area contributed by atoms with Gasteiger partial charge >= 0.3 is 18.2 Å². The van der Waals surface area contributed by atoms with Crippen LogP contribution < -0.4 is 4.90 Å². The molecule has 0 aromatic carbocycles. The van der Waals surface area contributed by atoms with Crippen molar-refractivity contribution in [3.63, 3.8) is 0 Å². The molecule has 0 atom stereocenters. The normalized spacial score (nSPS) is 14.9. The van der Waals surface area contributed by atoms with Crippen LogP contribution in [-0.4, -0.2) is 43.9 Å². The lowest BCUT2D eigenvalue weighted by atomic mass is 10.00. The Hall–Kier alpha value is -3.18. The summed E-state index contributed by atoms with van der Waals surface area (Å²) in [5.74, 6) is -1.83. The van der Waals surface area contributed by atoms with Gasteiger partial charge in [-0.05, 0) is 56.9 Å². The Bertz CT molecular complexity index is 1400. The van der Waals surface area contributed by atoms with E-state index in [0.717, 1.165) is 12.0 Å². The average molecular weight is 574 g/mol. The molecule has 1 fully saturated rings. The third kappa shape index (κ3) is 6.10. The fraction of sp³-hybridized carbons (Fsp3) is 0.500. The molecule has 2 heterocycles. The Balaban J connectivity index is 2.24. The Morgan fingerprint density at radius 2 is 1.87 bits per heavy atom. The molecule has 3 rings (SSSR count). The minimum atomic E-state index is -4.78. The number of hydrogen-bond acceptors (Lipinski definition) is 9. The summed E-state index contributed by atoms with van der Waals surface area (Å²) in [6.07, 6.45) is -3.60.